The number of anilines is 1. The molecule has 0 fully saturated rings. The van der Waals surface area contributed by atoms with Crippen LogP contribution >= 0.6 is 0 Å². The molecule has 204 valence electrons. The van der Waals surface area contributed by atoms with E-state index in [1.54, 1.807) is 84.9 Å². The number of sulfonamides is 1. The van der Waals surface area contributed by atoms with Gasteiger partial charge < -0.3 is 9.47 Å². The van der Waals surface area contributed by atoms with Crippen molar-refractivity contribution >= 4 is 33.8 Å². The highest BCUT2D eigenvalue weighted by Gasteiger charge is 2.29. The molecule has 1 amide bonds. The van der Waals surface area contributed by atoms with Crippen LogP contribution in [-0.4, -0.2) is 38.8 Å². The fourth-order valence-electron chi connectivity index (χ4n) is 3.72. The Kier molecular flexibility index (Phi) is 8.93. The third-order valence-corrected chi connectivity index (χ3v) is 6.89. The van der Waals surface area contributed by atoms with E-state index < -0.39 is 27.9 Å². The van der Waals surface area contributed by atoms with Gasteiger partial charge in [-0.05, 0) is 85.3 Å². The van der Waals surface area contributed by atoms with E-state index in [2.05, 4.69) is 10.5 Å². The van der Waals surface area contributed by atoms with Crippen LogP contribution in [0, 0.1) is 0 Å². The molecule has 0 unspecified atom stereocenters. The largest absolute Gasteiger partial charge is 0.457 e. The van der Waals surface area contributed by atoms with Crippen molar-refractivity contribution in [3.05, 3.63) is 120 Å². The normalized spacial score (nSPS) is 11.9. The smallest absolute Gasteiger partial charge is 0.343 e. The fourth-order valence-corrected chi connectivity index (χ4v) is 4.90. The number of hydrogen-bond donors (Lipinski definition) is 1. The minimum Gasteiger partial charge on any atom is -0.457 e. The monoisotopic (exact) mass is 557 g/mol. The number of hydrogen-bond acceptors (Lipinski definition) is 7. The maximum atomic E-state index is 12.8. The van der Waals surface area contributed by atoms with Crippen molar-refractivity contribution in [3.8, 4) is 17.2 Å². The van der Waals surface area contributed by atoms with Gasteiger partial charge in [0, 0.05) is 0 Å². The summed E-state index contributed by atoms with van der Waals surface area (Å²) in [6.45, 7) is 1.47. The lowest BCUT2D eigenvalue weighted by molar-refractivity contribution is -0.121. The Hall–Kier alpha value is -4.96. The van der Waals surface area contributed by atoms with E-state index in [0.717, 1.165) is 10.6 Å². The maximum Gasteiger partial charge on any atom is 0.343 e. The van der Waals surface area contributed by atoms with Gasteiger partial charge in [0.1, 0.15) is 23.3 Å². The van der Waals surface area contributed by atoms with Crippen LogP contribution in [0.2, 0.25) is 0 Å². The maximum absolute atomic E-state index is 12.8. The SMILES string of the molecule is C[C@@H](C(=O)N/N=C\c1ccc(OC(=O)c2ccccc2)cc1)N(c1ccc(Oc2ccccc2)cc1)S(C)(=O)=O. The van der Waals surface area contributed by atoms with Crippen molar-refractivity contribution in [3.63, 3.8) is 0 Å². The zero-order chi connectivity index (χ0) is 28.5. The van der Waals surface area contributed by atoms with Crippen LogP contribution in [0.5, 0.6) is 17.2 Å². The summed E-state index contributed by atoms with van der Waals surface area (Å²) in [5.41, 5.74) is 3.74. The van der Waals surface area contributed by atoms with Gasteiger partial charge in [-0.1, -0.05) is 36.4 Å². The predicted octanol–water partition coefficient (Wildman–Crippen LogP) is 5.00. The molecule has 9 nitrogen and oxygen atoms in total. The first kappa shape index (κ1) is 28.1. The van der Waals surface area contributed by atoms with Gasteiger partial charge in [-0.2, -0.15) is 5.10 Å². The highest BCUT2D eigenvalue weighted by atomic mass is 32.2. The number of amides is 1. The number of carbonyl (C=O) groups is 2. The fraction of sp³-hybridized carbons (Fsp3) is 0.100. The molecule has 0 aliphatic rings. The minimum atomic E-state index is -3.81. The molecule has 0 aromatic heterocycles. The summed E-state index contributed by atoms with van der Waals surface area (Å²) >= 11 is 0. The van der Waals surface area contributed by atoms with Crippen LogP contribution in [0.3, 0.4) is 0 Å². The summed E-state index contributed by atoms with van der Waals surface area (Å²) in [7, 11) is -3.81. The topological polar surface area (TPSA) is 114 Å². The second-order valence-corrected chi connectivity index (χ2v) is 10.6. The van der Waals surface area contributed by atoms with Crippen LogP contribution in [0.1, 0.15) is 22.8 Å². The Labute approximate surface area is 232 Å². The van der Waals surface area contributed by atoms with Gasteiger partial charge in [-0.15, -0.1) is 0 Å². The van der Waals surface area contributed by atoms with E-state index in [-0.39, 0.29) is 0 Å². The van der Waals surface area contributed by atoms with E-state index in [0.29, 0.717) is 34.1 Å². The number of para-hydroxylation sites is 1. The molecule has 0 saturated carbocycles. The molecule has 0 aliphatic heterocycles. The zero-order valence-corrected chi connectivity index (χ0v) is 22.6. The quantitative estimate of drug-likeness (QED) is 0.127. The molecule has 0 saturated heterocycles. The summed E-state index contributed by atoms with van der Waals surface area (Å²) in [6, 6.07) is 29.6. The Morgan fingerprint density at radius 2 is 1.35 bits per heavy atom. The summed E-state index contributed by atoms with van der Waals surface area (Å²) in [5.74, 6) is 0.416. The highest BCUT2D eigenvalue weighted by molar-refractivity contribution is 7.92. The van der Waals surface area contributed by atoms with Crippen LogP contribution in [0.15, 0.2) is 114 Å². The van der Waals surface area contributed by atoms with E-state index >= 15 is 0 Å². The first-order valence-corrected chi connectivity index (χ1v) is 14.1. The second kappa shape index (κ2) is 12.7. The Balaban J connectivity index is 1.37. The molecular weight excluding hydrogens is 530 g/mol. The van der Waals surface area contributed by atoms with E-state index in [9.17, 15) is 18.0 Å². The standard InChI is InChI=1S/C30H27N3O6S/c1-22(33(40(2,36)37)25-15-19-27(20-16-25)38-26-11-7-4-8-12-26)29(34)32-31-21-23-13-17-28(18-14-23)39-30(35)24-9-5-3-6-10-24/h3-22H,1-2H3,(H,32,34)/b31-21-/t22-/m0/s1. The van der Waals surface area contributed by atoms with Crippen molar-refractivity contribution < 1.29 is 27.5 Å². The lowest BCUT2D eigenvalue weighted by Gasteiger charge is -2.27. The Morgan fingerprint density at radius 3 is 1.95 bits per heavy atom. The summed E-state index contributed by atoms with van der Waals surface area (Å²) < 4.78 is 37.3. The molecule has 1 N–H and O–H groups in total. The number of rotatable bonds is 10. The molecule has 10 heteroatoms. The lowest BCUT2D eigenvalue weighted by Crippen LogP contribution is -2.46. The zero-order valence-electron chi connectivity index (χ0n) is 21.8. The highest BCUT2D eigenvalue weighted by Crippen LogP contribution is 2.27. The first-order chi connectivity index (χ1) is 19.2. The van der Waals surface area contributed by atoms with Gasteiger partial charge in [0.2, 0.25) is 10.0 Å². The molecule has 40 heavy (non-hydrogen) atoms. The van der Waals surface area contributed by atoms with Crippen molar-refractivity contribution in [2.24, 2.45) is 5.10 Å². The molecule has 0 heterocycles. The van der Waals surface area contributed by atoms with E-state index in [1.165, 1.54) is 13.1 Å². The van der Waals surface area contributed by atoms with E-state index in [1.807, 2.05) is 24.3 Å². The molecule has 0 radical (unpaired) electrons. The van der Waals surface area contributed by atoms with Gasteiger partial charge in [0.25, 0.3) is 5.91 Å². The number of hydrazone groups is 1. The van der Waals surface area contributed by atoms with Gasteiger partial charge in [0.15, 0.2) is 0 Å². The third-order valence-electron chi connectivity index (χ3n) is 5.65. The van der Waals surface area contributed by atoms with Crippen molar-refractivity contribution in [1.82, 2.24) is 5.43 Å². The Morgan fingerprint density at radius 1 is 0.800 bits per heavy atom. The van der Waals surface area contributed by atoms with Crippen molar-refractivity contribution in [2.45, 2.75) is 13.0 Å². The summed E-state index contributed by atoms with van der Waals surface area (Å²) in [5, 5.41) is 3.95. The number of nitrogens with zero attached hydrogens (tertiary/aromatic N) is 2. The number of benzene rings is 4. The van der Waals surface area contributed by atoms with Gasteiger partial charge in [-0.3, -0.25) is 9.10 Å². The molecular formula is C30H27N3O6S. The van der Waals surface area contributed by atoms with Gasteiger partial charge in [-0.25, -0.2) is 18.6 Å². The number of ether oxygens (including phenoxy) is 2. The predicted molar refractivity (Wildman–Crippen MR) is 153 cm³/mol. The molecule has 1 atom stereocenters. The van der Waals surface area contributed by atoms with Crippen LogP contribution in [0.4, 0.5) is 5.69 Å². The molecule has 4 rings (SSSR count). The van der Waals surface area contributed by atoms with Crippen LogP contribution in [-0.2, 0) is 14.8 Å². The van der Waals surface area contributed by atoms with Gasteiger partial charge >= 0.3 is 5.97 Å². The van der Waals surface area contributed by atoms with Gasteiger partial charge in [0.05, 0.1) is 23.7 Å². The van der Waals surface area contributed by atoms with Crippen LogP contribution in [0.25, 0.3) is 0 Å². The first-order valence-electron chi connectivity index (χ1n) is 12.2. The molecule has 0 aliphatic carbocycles. The average molecular weight is 558 g/mol. The molecule has 4 aromatic carbocycles. The lowest BCUT2D eigenvalue weighted by atomic mass is 10.2. The second-order valence-electron chi connectivity index (χ2n) is 8.70. The van der Waals surface area contributed by atoms with E-state index in [4.69, 9.17) is 9.47 Å². The van der Waals surface area contributed by atoms with Crippen LogP contribution < -0.4 is 19.2 Å². The minimum absolute atomic E-state index is 0.301. The third kappa shape index (κ3) is 7.55. The summed E-state index contributed by atoms with van der Waals surface area (Å²) in [4.78, 5) is 25.0. The molecule has 4 aromatic rings. The number of esters is 1. The number of carbonyl (C=O) groups excluding carboxylic acids is 2. The van der Waals surface area contributed by atoms with Crippen molar-refractivity contribution in [1.29, 1.82) is 0 Å². The Bertz CT molecular complexity index is 1570. The number of nitrogens with one attached hydrogen (secondary N) is 1. The average Bonchev–Trinajstić information content (AvgIpc) is 2.95. The molecule has 0 bridgehead atoms. The molecule has 0 spiro atoms. The summed E-state index contributed by atoms with van der Waals surface area (Å²) in [6.07, 6.45) is 2.43. The van der Waals surface area contributed by atoms with Crippen molar-refractivity contribution in [2.75, 3.05) is 10.6 Å².